The van der Waals surface area contributed by atoms with E-state index >= 15 is 0 Å². The third-order valence-corrected chi connectivity index (χ3v) is 4.66. The quantitative estimate of drug-likeness (QED) is 0.800. The average molecular weight is 394 g/mol. The summed E-state index contributed by atoms with van der Waals surface area (Å²) in [7, 11) is 1.45. The zero-order valence-electron chi connectivity index (χ0n) is 14.1. The SMILES string of the molecule is COc1ncc(C(=O)N2CCN(Cc3ccc(Cl)cc3)C(=O)C2)cc1Cl. The van der Waals surface area contributed by atoms with E-state index in [9.17, 15) is 9.59 Å². The van der Waals surface area contributed by atoms with Gasteiger partial charge in [0.2, 0.25) is 11.8 Å². The molecule has 0 bridgehead atoms. The number of halogens is 2. The Hall–Kier alpha value is -2.31. The number of hydrogen-bond acceptors (Lipinski definition) is 4. The minimum Gasteiger partial charge on any atom is -0.480 e. The Morgan fingerprint density at radius 3 is 2.58 bits per heavy atom. The van der Waals surface area contributed by atoms with Crippen molar-refractivity contribution in [3.8, 4) is 5.88 Å². The second-order valence-corrected chi connectivity index (χ2v) is 6.73. The number of aromatic nitrogens is 1. The molecule has 26 heavy (non-hydrogen) atoms. The normalized spacial score (nSPS) is 14.5. The standard InChI is InChI=1S/C18H17Cl2N3O3/c1-26-17-15(20)8-13(9-21-17)18(25)23-7-6-22(16(24)11-23)10-12-2-4-14(19)5-3-12/h2-5,8-9H,6-7,10-11H2,1H3. The predicted octanol–water partition coefficient (Wildman–Crippen LogP) is 2.88. The number of rotatable bonds is 4. The van der Waals surface area contributed by atoms with Gasteiger partial charge in [-0.25, -0.2) is 4.98 Å². The molecule has 0 N–H and O–H groups in total. The van der Waals surface area contributed by atoms with E-state index in [4.69, 9.17) is 27.9 Å². The Bertz CT molecular complexity index is 827. The van der Waals surface area contributed by atoms with Crippen LogP contribution in [0.5, 0.6) is 5.88 Å². The topological polar surface area (TPSA) is 62.7 Å². The molecule has 1 aliphatic rings. The molecule has 0 unspecified atom stereocenters. The number of nitrogens with zero attached hydrogens (tertiary/aromatic N) is 3. The molecule has 0 saturated carbocycles. The van der Waals surface area contributed by atoms with Gasteiger partial charge in [0.05, 0.1) is 12.7 Å². The lowest BCUT2D eigenvalue weighted by Gasteiger charge is -2.34. The molecule has 6 nitrogen and oxygen atoms in total. The van der Waals surface area contributed by atoms with Crippen molar-refractivity contribution < 1.29 is 14.3 Å². The first-order valence-electron chi connectivity index (χ1n) is 7.99. The Morgan fingerprint density at radius 1 is 1.23 bits per heavy atom. The Labute approximate surface area is 161 Å². The van der Waals surface area contributed by atoms with Crippen LogP contribution in [0.1, 0.15) is 15.9 Å². The van der Waals surface area contributed by atoms with Crippen LogP contribution in [-0.2, 0) is 11.3 Å². The zero-order chi connectivity index (χ0) is 18.7. The van der Waals surface area contributed by atoms with Crippen molar-refractivity contribution in [1.82, 2.24) is 14.8 Å². The van der Waals surface area contributed by atoms with Crippen LogP contribution in [0, 0.1) is 0 Å². The summed E-state index contributed by atoms with van der Waals surface area (Å²) in [6, 6.07) is 8.86. The highest BCUT2D eigenvalue weighted by Crippen LogP contribution is 2.23. The third kappa shape index (κ3) is 4.08. The summed E-state index contributed by atoms with van der Waals surface area (Å²) < 4.78 is 4.98. The van der Waals surface area contributed by atoms with Gasteiger partial charge in [-0.05, 0) is 23.8 Å². The summed E-state index contributed by atoms with van der Waals surface area (Å²) in [6.45, 7) is 1.43. The Kier molecular flexibility index (Phi) is 5.64. The van der Waals surface area contributed by atoms with Gasteiger partial charge in [-0.3, -0.25) is 9.59 Å². The van der Waals surface area contributed by atoms with Crippen LogP contribution in [0.4, 0.5) is 0 Å². The van der Waals surface area contributed by atoms with Crippen molar-refractivity contribution in [2.45, 2.75) is 6.54 Å². The molecule has 1 saturated heterocycles. The lowest BCUT2D eigenvalue weighted by Crippen LogP contribution is -2.51. The summed E-state index contributed by atoms with van der Waals surface area (Å²) in [5.74, 6) is -0.124. The number of hydrogen-bond donors (Lipinski definition) is 0. The van der Waals surface area contributed by atoms with E-state index in [0.717, 1.165) is 5.56 Å². The van der Waals surface area contributed by atoms with Gasteiger partial charge < -0.3 is 14.5 Å². The number of carbonyl (C=O) groups is 2. The maximum Gasteiger partial charge on any atom is 0.256 e. The molecule has 2 amide bonds. The number of carbonyl (C=O) groups excluding carboxylic acids is 2. The number of amides is 2. The molecule has 2 aromatic rings. The van der Waals surface area contributed by atoms with Gasteiger partial charge in [0.15, 0.2) is 0 Å². The first kappa shape index (κ1) is 18.5. The van der Waals surface area contributed by atoms with Crippen LogP contribution in [-0.4, -0.2) is 53.3 Å². The van der Waals surface area contributed by atoms with Crippen molar-refractivity contribution in [2.75, 3.05) is 26.7 Å². The molecule has 0 spiro atoms. The minimum atomic E-state index is -0.276. The van der Waals surface area contributed by atoms with Crippen LogP contribution in [0.25, 0.3) is 0 Å². The fourth-order valence-corrected chi connectivity index (χ4v) is 3.10. The van der Waals surface area contributed by atoms with Crippen LogP contribution >= 0.6 is 23.2 Å². The fourth-order valence-electron chi connectivity index (χ4n) is 2.73. The van der Waals surface area contributed by atoms with Crippen molar-refractivity contribution in [3.05, 3.63) is 57.7 Å². The van der Waals surface area contributed by atoms with E-state index in [1.807, 2.05) is 12.1 Å². The van der Waals surface area contributed by atoms with E-state index in [1.54, 1.807) is 17.0 Å². The monoisotopic (exact) mass is 393 g/mol. The first-order chi connectivity index (χ1) is 12.5. The zero-order valence-corrected chi connectivity index (χ0v) is 15.6. The molecule has 1 fully saturated rings. The van der Waals surface area contributed by atoms with E-state index in [0.29, 0.717) is 30.2 Å². The lowest BCUT2D eigenvalue weighted by atomic mass is 10.1. The second-order valence-electron chi connectivity index (χ2n) is 5.88. The highest BCUT2D eigenvalue weighted by atomic mass is 35.5. The Morgan fingerprint density at radius 2 is 1.96 bits per heavy atom. The van der Waals surface area contributed by atoms with Gasteiger partial charge in [0, 0.05) is 30.9 Å². The average Bonchev–Trinajstić information content (AvgIpc) is 2.64. The molecule has 3 rings (SSSR count). The third-order valence-electron chi connectivity index (χ3n) is 4.14. The lowest BCUT2D eigenvalue weighted by molar-refractivity contribution is -0.135. The number of ether oxygens (including phenoxy) is 1. The highest BCUT2D eigenvalue weighted by molar-refractivity contribution is 6.32. The van der Waals surface area contributed by atoms with Gasteiger partial charge in [-0.1, -0.05) is 35.3 Å². The molecule has 0 aliphatic carbocycles. The molecule has 1 aromatic carbocycles. The number of benzene rings is 1. The summed E-state index contributed by atoms with van der Waals surface area (Å²) in [5.41, 5.74) is 1.32. The molecule has 1 aromatic heterocycles. The summed E-state index contributed by atoms with van der Waals surface area (Å²) in [5, 5.41) is 0.910. The van der Waals surface area contributed by atoms with Gasteiger partial charge in [-0.15, -0.1) is 0 Å². The maximum absolute atomic E-state index is 12.6. The van der Waals surface area contributed by atoms with Gasteiger partial charge >= 0.3 is 0 Å². The number of piperazine rings is 1. The maximum atomic E-state index is 12.6. The van der Waals surface area contributed by atoms with E-state index < -0.39 is 0 Å². The number of pyridine rings is 1. The van der Waals surface area contributed by atoms with Gasteiger partial charge in [0.25, 0.3) is 5.91 Å². The van der Waals surface area contributed by atoms with E-state index in [-0.39, 0.29) is 29.3 Å². The first-order valence-corrected chi connectivity index (χ1v) is 8.74. The van der Waals surface area contributed by atoms with Crippen molar-refractivity contribution in [2.24, 2.45) is 0 Å². The molecular formula is C18H17Cl2N3O3. The fraction of sp³-hybridized carbons (Fsp3) is 0.278. The molecule has 0 radical (unpaired) electrons. The largest absolute Gasteiger partial charge is 0.480 e. The summed E-state index contributed by atoms with van der Waals surface area (Å²) in [4.78, 5) is 32.3. The van der Waals surface area contributed by atoms with Crippen molar-refractivity contribution in [3.63, 3.8) is 0 Å². The number of methoxy groups -OCH3 is 1. The van der Waals surface area contributed by atoms with Gasteiger partial charge in [0.1, 0.15) is 11.6 Å². The van der Waals surface area contributed by atoms with E-state index in [1.165, 1.54) is 24.3 Å². The smallest absolute Gasteiger partial charge is 0.256 e. The molecular weight excluding hydrogens is 377 g/mol. The second kappa shape index (κ2) is 7.93. The molecule has 2 heterocycles. The Balaban J connectivity index is 1.64. The van der Waals surface area contributed by atoms with Gasteiger partial charge in [-0.2, -0.15) is 0 Å². The molecule has 1 aliphatic heterocycles. The van der Waals surface area contributed by atoms with Crippen LogP contribution in [0.15, 0.2) is 36.5 Å². The molecule has 136 valence electrons. The van der Waals surface area contributed by atoms with Crippen molar-refractivity contribution >= 4 is 35.0 Å². The molecule has 0 atom stereocenters. The van der Waals surface area contributed by atoms with Crippen LogP contribution in [0.3, 0.4) is 0 Å². The van der Waals surface area contributed by atoms with Crippen molar-refractivity contribution in [1.29, 1.82) is 0 Å². The molecule has 8 heteroatoms. The predicted molar refractivity (Wildman–Crippen MR) is 98.6 cm³/mol. The summed E-state index contributed by atoms with van der Waals surface area (Å²) in [6.07, 6.45) is 1.40. The van der Waals surface area contributed by atoms with E-state index in [2.05, 4.69) is 4.98 Å². The minimum absolute atomic E-state index is 0.0239. The van der Waals surface area contributed by atoms with Crippen LogP contribution in [0.2, 0.25) is 10.0 Å². The highest BCUT2D eigenvalue weighted by Gasteiger charge is 2.28. The van der Waals surface area contributed by atoms with Crippen LogP contribution < -0.4 is 4.74 Å². The summed E-state index contributed by atoms with van der Waals surface area (Å²) >= 11 is 11.9.